The zero-order valence-electron chi connectivity index (χ0n) is 5.74. The van der Waals surface area contributed by atoms with E-state index in [2.05, 4.69) is 25.8 Å². The summed E-state index contributed by atoms with van der Waals surface area (Å²) < 4.78 is 0.962. The summed E-state index contributed by atoms with van der Waals surface area (Å²) in [5.74, 6) is 0. The molecule has 0 spiro atoms. The second-order valence-corrected chi connectivity index (χ2v) is 3.21. The monoisotopic (exact) mass is 210 g/mol. The topological polar surface area (TPSA) is 28.7 Å². The van der Waals surface area contributed by atoms with Gasteiger partial charge in [-0.15, -0.1) is 0 Å². The Balaban J connectivity index is 2.94. The van der Waals surface area contributed by atoms with Crippen molar-refractivity contribution in [3.05, 3.63) is 34.5 Å². The third-order valence-corrected chi connectivity index (χ3v) is 1.95. The Morgan fingerprint density at radius 2 is 2.09 bits per heavy atom. The predicted octanol–water partition coefficient (Wildman–Crippen LogP) is 1.26. The van der Waals surface area contributed by atoms with Crippen molar-refractivity contribution in [1.82, 2.24) is 10.2 Å². The van der Waals surface area contributed by atoms with Crippen LogP contribution in [0, 0.1) is 4.19 Å². The maximum absolute atomic E-state index is 4.12. The minimum absolute atomic E-state index is 0.962. The maximum atomic E-state index is 4.12. The van der Waals surface area contributed by atoms with Crippen LogP contribution in [-0.2, 0) is 0 Å². The first-order valence-corrected chi connectivity index (χ1v) is 4.16. The second-order valence-electron chi connectivity index (χ2n) is 2.29. The van der Waals surface area contributed by atoms with Gasteiger partial charge in [-0.1, -0.05) is 0 Å². The Labute approximate surface area is 71.6 Å². The van der Waals surface area contributed by atoms with Gasteiger partial charge in [0, 0.05) is 0 Å². The molecule has 2 aromatic rings. The van der Waals surface area contributed by atoms with Crippen LogP contribution in [-0.4, -0.2) is 25.8 Å². The average molecular weight is 209 g/mol. The molecule has 1 N–H and O–H groups in total. The van der Waals surface area contributed by atoms with E-state index in [1.54, 1.807) is 0 Å². The van der Waals surface area contributed by atoms with Crippen molar-refractivity contribution in [1.29, 1.82) is 0 Å². The van der Waals surface area contributed by atoms with E-state index in [4.69, 9.17) is 0 Å². The van der Waals surface area contributed by atoms with E-state index < -0.39 is 0 Å². The summed E-state index contributed by atoms with van der Waals surface area (Å²) >= 11 is 2.88. The molecule has 0 aliphatic rings. The van der Waals surface area contributed by atoms with Gasteiger partial charge in [0.1, 0.15) is 0 Å². The van der Waals surface area contributed by atoms with Gasteiger partial charge in [-0.2, -0.15) is 0 Å². The number of aromatic amines is 1. The van der Waals surface area contributed by atoms with Gasteiger partial charge in [0.2, 0.25) is 0 Å². The average Bonchev–Trinajstić information content (AvgIpc) is 2.04. The summed E-state index contributed by atoms with van der Waals surface area (Å²) in [6.45, 7) is 0. The van der Waals surface area contributed by atoms with Crippen molar-refractivity contribution < 1.29 is 0 Å². The van der Waals surface area contributed by atoms with Gasteiger partial charge in [0.25, 0.3) is 0 Å². The van der Waals surface area contributed by atoms with Crippen LogP contribution in [0.15, 0.2) is 30.3 Å². The second kappa shape index (κ2) is 2.61. The van der Waals surface area contributed by atoms with Crippen LogP contribution in [0.2, 0.25) is 0 Å². The predicted molar refractivity (Wildman–Crippen MR) is 45.1 cm³/mol. The normalized spacial score (nSPS) is 10.2. The van der Waals surface area contributed by atoms with Gasteiger partial charge in [-0.3, -0.25) is 0 Å². The Morgan fingerprint density at radius 1 is 1.27 bits per heavy atom. The molecule has 1 aromatic carbocycles. The Bertz CT molecular complexity index is 433. The molecule has 0 atom stereocenters. The van der Waals surface area contributed by atoms with Gasteiger partial charge in [0.05, 0.1) is 0 Å². The molecule has 0 fully saturated rings. The van der Waals surface area contributed by atoms with Crippen LogP contribution in [0.4, 0.5) is 0 Å². The molecule has 0 aliphatic heterocycles. The molecule has 0 amide bonds. The third kappa shape index (κ3) is 1.25. The first-order chi connectivity index (χ1) is 5.36. The number of aromatic nitrogens is 2. The summed E-state index contributed by atoms with van der Waals surface area (Å²) in [4.78, 5) is 0. The molecule has 0 aliphatic carbocycles. The summed E-state index contributed by atoms with van der Waals surface area (Å²) in [7, 11) is 0. The molecule has 0 unspecified atom stereocenters. The fourth-order valence-electron chi connectivity index (χ4n) is 1.00. The molecule has 2 nitrogen and oxygen atoms in total. The van der Waals surface area contributed by atoms with Crippen molar-refractivity contribution in [3.8, 4) is 0 Å². The van der Waals surface area contributed by atoms with Crippen molar-refractivity contribution >= 4 is 26.5 Å². The van der Waals surface area contributed by atoms with Crippen LogP contribution in [0.1, 0.15) is 0 Å². The Kier molecular flexibility index (Phi) is 1.60. The van der Waals surface area contributed by atoms with E-state index in [9.17, 15) is 0 Å². The van der Waals surface area contributed by atoms with Crippen LogP contribution in [0.25, 0.3) is 10.9 Å². The molecule has 3 heteroatoms. The van der Waals surface area contributed by atoms with Gasteiger partial charge < -0.3 is 0 Å². The molecule has 11 heavy (non-hydrogen) atoms. The van der Waals surface area contributed by atoms with Crippen molar-refractivity contribution in [3.63, 3.8) is 0 Å². The van der Waals surface area contributed by atoms with E-state index in [0.717, 1.165) is 15.1 Å². The molecule has 2 rings (SSSR count). The Morgan fingerprint density at radius 3 is 3.00 bits per heavy atom. The van der Waals surface area contributed by atoms with Gasteiger partial charge in [-0.25, -0.2) is 0 Å². The number of H-pyrrole nitrogens is 1. The fourth-order valence-corrected chi connectivity index (χ4v) is 1.36. The SMILES string of the molecule is [Se]=c1cc2ccccc2n[nH]1. The Hall–Kier alpha value is -0.921. The summed E-state index contributed by atoms with van der Waals surface area (Å²) in [6.07, 6.45) is 0. The van der Waals surface area contributed by atoms with Crippen molar-refractivity contribution in [2.75, 3.05) is 0 Å². The van der Waals surface area contributed by atoms with Gasteiger partial charge in [-0.05, 0) is 0 Å². The van der Waals surface area contributed by atoms with E-state index in [1.807, 2.05) is 30.3 Å². The molecule has 1 aromatic heterocycles. The number of hydrogen-bond acceptors (Lipinski definition) is 1. The number of benzene rings is 1. The zero-order chi connectivity index (χ0) is 7.68. The first-order valence-electron chi connectivity index (χ1n) is 3.31. The standard InChI is InChI=1S/C8H6N2Se/c11-8-5-6-3-1-2-4-7(6)9-10-8/h1-5H,(H,10,11). The van der Waals surface area contributed by atoms with Crippen LogP contribution >= 0.6 is 0 Å². The molecule has 0 saturated heterocycles. The molecular formula is C8H6N2Se. The molecule has 54 valence electrons. The molecule has 0 saturated carbocycles. The molecule has 0 bridgehead atoms. The molecule has 1 heterocycles. The minimum atomic E-state index is 0.962. The zero-order valence-corrected chi connectivity index (χ0v) is 7.46. The number of nitrogens with one attached hydrogen (secondary N) is 1. The van der Waals surface area contributed by atoms with Crippen LogP contribution in [0.3, 0.4) is 0 Å². The number of rotatable bonds is 0. The number of hydrogen-bond donors (Lipinski definition) is 1. The van der Waals surface area contributed by atoms with Crippen LogP contribution in [0.5, 0.6) is 0 Å². The fraction of sp³-hybridized carbons (Fsp3) is 0. The van der Waals surface area contributed by atoms with Crippen molar-refractivity contribution in [2.24, 2.45) is 0 Å². The van der Waals surface area contributed by atoms with E-state index in [1.165, 1.54) is 0 Å². The summed E-state index contributed by atoms with van der Waals surface area (Å²) in [5, 5.41) is 8.15. The third-order valence-electron chi connectivity index (χ3n) is 1.51. The van der Waals surface area contributed by atoms with E-state index in [0.29, 0.717) is 0 Å². The number of fused-ring (bicyclic) bond motifs is 1. The van der Waals surface area contributed by atoms with Crippen molar-refractivity contribution in [2.45, 2.75) is 0 Å². The van der Waals surface area contributed by atoms with E-state index >= 15 is 0 Å². The van der Waals surface area contributed by atoms with Gasteiger partial charge >= 0.3 is 71.2 Å². The number of para-hydroxylation sites is 1. The first kappa shape index (κ1) is 6.77. The summed E-state index contributed by atoms with van der Waals surface area (Å²) in [6, 6.07) is 10.0. The van der Waals surface area contributed by atoms with E-state index in [-0.39, 0.29) is 0 Å². The van der Waals surface area contributed by atoms with Gasteiger partial charge in [0.15, 0.2) is 0 Å². The summed E-state index contributed by atoms with van der Waals surface area (Å²) in [5.41, 5.74) is 0.992. The van der Waals surface area contributed by atoms with Crippen LogP contribution < -0.4 is 0 Å². The molecule has 0 radical (unpaired) electrons. The quantitative estimate of drug-likeness (QED) is 0.650. The number of nitrogens with zero attached hydrogens (tertiary/aromatic N) is 1. The molecular weight excluding hydrogens is 203 g/mol.